The third-order valence-corrected chi connectivity index (χ3v) is 8.76. The molecular formula is C47H46N2O2. The lowest BCUT2D eigenvalue weighted by atomic mass is 10.0. The lowest BCUT2D eigenvalue weighted by Gasteiger charge is -2.07. The molecule has 0 saturated carbocycles. The predicted octanol–water partition coefficient (Wildman–Crippen LogP) is 12.7. The molecule has 6 aromatic carbocycles. The van der Waals surface area contributed by atoms with Gasteiger partial charge in [0.25, 0.3) is 0 Å². The third-order valence-electron chi connectivity index (χ3n) is 8.76. The summed E-state index contributed by atoms with van der Waals surface area (Å²) in [6, 6.07) is 53.8. The zero-order valence-corrected chi connectivity index (χ0v) is 29.2. The molecule has 4 nitrogen and oxygen atoms in total. The summed E-state index contributed by atoms with van der Waals surface area (Å²) in [5.74, 6) is 1.79. The average molecular weight is 671 g/mol. The van der Waals surface area contributed by atoms with E-state index in [1.165, 1.54) is 54.4 Å². The molecule has 0 bridgehead atoms. The lowest BCUT2D eigenvalue weighted by molar-refractivity contribution is 0.300. The van der Waals surface area contributed by atoms with E-state index in [9.17, 15) is 0 Å². The molecule has 256 valence electrons. The predicted molar refractivity (Wildman–Crippen MR) is 214 cm³/mol. The van der Waals surface area contributed by atoms with Crippen molar-refractivity contribution in [2.24, 2.45) is 9.98 Å². The largest absolute Gasteiger partial charge is 0.494 e. The van der Waals surface area contributed by atoms with E-state index in [2.05, 4.69) is 107 Å². The molecule has 0 atom stereocenters. The second-order valence-corrected chi connectivity index (χ2v) is 12.7. The van der Waals surface area contributed by atoms with Gasteiger partial charge in [0.1, 0.15) is 11.5 Å². The second kappa shape index (κ2) is 19.4. The van der Waals surface area contributed by atoms with Gasteiger partial charge in [-0.05, 0) is 94.8 Å². The number of rotatable bonds is 18. The van der Waals surface area contributed by atoms with Gasteiger partial charge in [0.15, 0.2) is 0 Å². The van der Waals surface area contributed by atoms with Crippen LogP contribution >= 0.6 is 0 Å². The highest BCUT2D eigenvalue weighted by molar-refractivity contribution is 5.84. The number of benzene rings is 6. The Bertz CT molecular complexity index is 1770. The Morgan fingerprint density at radius 3 is 1.04 bits per heavy atom. The van der Waals surface area contributed by atoms with Crippen molar-refractivity contribution in [2.45, 2.75) is 44.9 Å². The first-order valence-corrected chi connectivity index (χ1v) is 18.1. The van der Waals surface area contributed by atoms with E-state index in [0.717, 1.165) is 60.1 Å². The smallest absolute Gasteiger partial charge is 0.119 e. The summed E-state index contributed by atoms with van der Waals surface area (Å²) in [5.41, 5.74) is 8.84. The molecule has 0 aromatic heterocycles. The summed E-state index contributed by atoms with van der Waals surface area (Å²) in [4.78, 5) is 9.25. The van der Waals surface area contributed by atoms with E-state index in [1.54, 1.807) is 0 Å². The molecule has 0 aliphatic carbocycles. The molecule has 0 heterocycles. The molecule has 0 unspecified atom stereocenters. The molecule has 51 heavy (non-hydrogen) atoms. The second-order valence-electron chi connectivity index (χ2n) is 12.7. The monoisotopic (exact) mass is 670 g/mol. The molecule has 0 spiro atoms. The van der Waals surface area contributed by atoms with Crippen LogP contribution in [0.2, 0.25) is 0 Å². The maximum Gasteiger partial charge on any atom is 0.119 e. The van der Waals surface area contributed by atoms with Crippen molar-refractivity contribution < 1.29 is 9.47 Å². The van der Waals surface area contributed by atoms with E-state index < -0.39 is 0 Å². The molecule has 0 radical (unpaired) electrons. The Kier molecular flexibility index (Phi) is 13.4. The zero-order valence-electron chi connectivity index (χ0n) is 29.2. The third kappa shape index (κ3) is 11.7. The van der Waals surface area contributed by atoms with Crippen molar-refractivity contribution in [3.63, 3.8) is 0 Å². The summed E-state index contributed by atoms with van der Waals surface area (Å²) >= 11 is 0. The summed E-state index contributed by atoms with van der Waals surface area (Å²) in [5, 5.41) is 0. The molecule has 6 aromatic rings. The molecular weight excluding hydrogens is 625 g/mol. The fourth-order valence-corrected chi connectivity index (χ4v) is 5.81. The van der Waals surface area contributed by atoms with E-state index in [0.29, 0.717) is 0 Å². The van der Waals surface area contributed by atoms with Gasteiger partial charge in [-0.15, -0.1) is 0 Å². The minimum Gasteiger partial charge on any atom is -0.494 e. The van der Waals surface area contributed by atoms with Crippen molar-refractivity contribution in [1.82, 2.24) is 0 Å². The van der Waals surface area contributed by atoms with Gasteiger partial charge in [-0.3, -0.25) is 9.98 Å². The first kappa shape index (κ1) is 35.1. The number of ether oxygens (including phenoxy) is 2. The Balaban J connectivity index is 0.779. The van der Waals surface area contributed by atoms with E-state index in [4.69, 9.17) is 9.47 Å². The van der Waals surface area contributed by atoms with Crippen LogP contribution in [0.4, 0.5) is 11.4 Å². The first-order chi connectivity index (χ1) is 25.3. The van der Waals surface area contributed by atoms with Crippen LogP contribution in [-0.2, 0) is 0 Å². The molecule has 0 aliphatic rings. The Morgan fingerprint density at radius 2 is 0.667 bits per heavy atom. The molecule has 0 amide bonds. The Labute approximate surface area is 303 Å². The van der Waals surface area contributed by atoms with Crippen LogP contribution in [0.3, 0.4) is 0 Å². The Morgan fingerprint density at radius 1 is 0.333 bits per heavy atom. The molecule has 0 N–H and O–H groups in total. The number of nitrogens with zero attached hydrogens (tertiary/aromatic N) is 2. The maximum absolute atomic E-state index is 5.96. The van der Waals surface area contributed by atoms with E-state index in [-0.39, 0.29) is 0 Å². The summed E-state index contributed by atoms with van der Waals surface area (Å²) in [7, 11) is 0. The fraction of sp³-hybridized carbons (Fsp3) is 0.191. The highest BCUT2D eigenvalue weighted by Crippen LogP contribution is 2.23. The van der Waals surface area contributed by atoms with Crippen LogP contribution in [0.15, 0.2) is 168 Å². The number of hydrogen-bond acceptors (Lipinski definition) is 4. The average Bonchev–Trinajstić information content (AvgIpc) is 3.20. The van der Waals surface area contributed by atoms with Gasteiger partial charge in [-0.25, -0.2) is 0 Å². The topological polar surface area (TPSA) is 43.2 Å². The summed E-state index contributed by atoms with van der Waals surface area (Å²) in [6.45, 7) is 1.49. The zero-order chi connectivity index (χ0) is 34.8. The van der Waals surface area contributed by atoms with Gasteiger partial charge in [0, 0.05) is 12.4 Å². The van der Waals surface area contributed by atoms with Gasteiger partial charge in [0.05, 0.1) is 24.6 Å². The normalized spacial score (nSPS) is 11.3. The van der Waals surface area contributed by atoms with Crippen LogP contribution < -0.4 is 9.47 Å². The fourth-order valence-electron chi connectivity index (χ4n) is 5.81. The van der Waals surface area contributed by atoms with Gasteiger partial charge < -0.3 is 9.47 Å². The van der Waals surface area contributed by atoms with Crippen LogP contribution in [0, 0.1) is 0 Å². The van der Waals surface area contributed by atoms with E-state index in [1.807, 2.05) is 73.1 Å². The van der Waals surface area contributed by atoms with Crippen molar-refractivity contribution in [3.05, 3.63) is 169 Å². The van der Waals surface area contributed by atoms with Gasteiger partial charge in [0.2, 0.25) is 0 Å². The SMILES string of the molecule is C(=Nc1ccc(OCCCCCCCCCOc2ccc(N=Cc3ccc(-c4ccccc4)cc3)cc2)cc1)c1ccc(-c2ccccc2)cc1. The molecule has 0 saturated heterocycles. The lowest BCUT2D eigenvalue weighted by Crippen LogP contribution is -1.98. The summed E-state index contributed by atoms with van der Waals surface area (Å²) < 4.78 is 11.9. The van der Waals surface area contributed by atoms with Crippen molar-refractivity contribution >= 4 is 23.8 Å². The number of hydrogen-bond donors (Lipinski definition) is 0. The highest BCUT2D eigenvalue weighted by Gasteiger charge is 2.00. The molecule has 0 fully saturated rings. The first-order valence-electron chi connectivity index (χ1n) is 18.1. The number of unbranched alkanes of at least 4 members (excludes halogenated alkanes) is 6. The van der Waals surface area contributed by atoms with Gasteiger partial charge >= 0.3 is 0 Å². The standard InChI is InChI=1S/C47H46N2O2/c1(2-4-12-34-50-46-30-26-44(27-31-46)48-36-38-18-22-42(23-19-38)40-14-8-6-9-15-40)3-5-13-35-51-47-32-28-45(29-33-47)49-37-39-20-24-43(25-21-39)41-16-10-7-11-17-41/h6-11,14-33,36-37H,1-5,12-13,34-35H2. The summed E-state index contributed by atoms with van der Waals surface area (Å²) in [6.07, 6.45) is 12.1. The minimum absolute atomic E-state index is 0.746. The van der Waals surface area contributed by atoms with Crippen LogP contribution in [-0.4, -0.2) is 25.6 Å². The van der Waals surface area contributed by atoms with Crippen LogP contribution in [0.5, 0.6) is 11.5 Å². The van der Waals surface area contributed by atoms with Crippen molar-refractivity contribution in [3.8, 4) is 33.8 Å². The number of aliphatic imine (C=N–C) groups is 2. The van der Waals surface area contributed by atoms with Crippen molar-refractivity contribution in [1.29, 1.82) is 0 Å². The maximum atomic E-state index is 5.96. The molecule has 4 heteroatoms. The van der Waals surface area contributed by atoms with Gasteiger partial charge in [-0.2, -0.15) is 0 Å². The molecule has 0 aliphatic heterocycles. The quantitative estimate of drug-likeness (QED) is 0.0675. The van der Waals surface area contributed by atoms with Crippen molar-refractivity contribution in [2.75, 3.05) is 13.2 Å². The molecule has 6 rings (SSSR count). The van der Waals surface area contributed by atoms with Gasteiger partial charge in [-0.1, -0.05) is 141 Å². The van der Waals surface area contributed by atoms with E-state index >= 15 is 0 Å². The minimum atomic E-state index is 0.746. The van der Waals surface area contributed by atoms with Crippen LogP contribution in [0.25, 0.3) is 22.3 Å². The van der Waals surface area contributed by atoms with Crippen LogP contribution in [0.1, 0.15) is 56.1 Å². The highest BCUT2D eigenvalue weighted by atomic mass is 16.5. The Hall–Kier alpha value is -5.74.